The lowest BCUT2D eigenvalue weighted by atomic mass is 10.2. The second kappa shape index (κ2) is 10.8. The van der Waals surface area contributed by atoms with E-state index in [1.165, 1.54) is 6.92 Å². The van der Waals surface area contributed by atoms with Crippen LogP contribution in [-0.2, 0) is 11.3 Å². The molecule has 0 unspecified atom stereocenters. The number of anilines is 2. The maximum absolute atomic E-state index is 12.4. The molecule has 1 aromatic carbocycles. The van der Waals surface area contributed by atoms with Crippen molar-refractivity contribution >= 4 is 46.1 Å². The minimum Gasteiger partial charge on any atom is -0.369 e. The largest absolute Gasteiger partial charge is 0.369 e. The van der Waals surface area contributed by atoms with Gasteiger partial charge in [0.1, 0.15) is 5.82 Å². The van der Waals surface area contributed by atoms with Crippen molar-refractivity contribution in [2.45, 2.75) is 38.9 Å². The van der Waals surface area contributed by atoms with Gasteiger partial charge in [0.2, 0.25) is 5.91 Å². The zero-order valence-electron chi connectivity index (χ0n) is 17.9. The van der Waals surface area contributed by atoms with Crippen molar-refractivity contribution in [3.63, 3.8) is 0 Å². The van der Waals surface area contributed by atoms with E-state index in [2.05, 4.69) is 44.9 Å². The molecule has 3 N–H and O–H groups in total. The molecular formula is C21H27N7O2S. The van der Waals surface area contributed by atoms with Crippen molar-refractivity contribution in [3.05, 3.63) is 36.0 Å². The topological polar surface area (TPSA) is 114 Å². The van der Waals surface area contributed by atoms with Gasteiger partial charge in [-0.15, -0.1) is 0 Å². The first kappa shape index (κ1) is 22.5. The molecule has 10 heteroatoms. The predicted octanol–water partition coefficient (Wildman–Crippen LogP) is 3.15. The van der Waals surface area contributed by atoms with Gasteiger partial charge in [0, 0.05) is 31.3 Å². The summed E-state index contributed by atoms with van der Waals surface area (Å²) in [6.45, 7) is 7.32. The molecule has 164 valence electrons. The van der Waals surface area contributed by atoms with E-state index in [0.717, 1.165) is 35.6 Å². The molecule has 0 fully saturated rings. The minimum absolute atomic E-state index is 0.152. The average molecular weight is 442 g/mol. The molecule has 0 aliphatic carbocycles. The Hall–Kier alpha value is -3.14. The quantitative estimate of drug-likeness (QED) is 0.327. The van der Waals surface area contributed by atoms with E-state index in [4.69, 9.17) is 0 Å². The van der Waals surface area contributed by atoms with Gasteiger partial charge in [0.15, 0.2) is 10.8 Å². The number of hydrogen-bond donors (Lipinski definition) is 3. The van der Waals surface area contributed by atoms with Crippen LogP contribution in [0.5, 0.6) is 0 Å². The van der Waals surface area contributed by atoms with Crippen LogP contribution in [0, 0.1) is 0 Å². The van der Waals surface area contributed by atoms with Crippen LogP contribution in [0.1, 0.15) is 37.6 Å². The number of hydrogen-bond acceptors (Lipinski definition) is 7. The molecule has 31 heavy (non-hydrogen) atoms. The van der Waals surface area contributed by atoms with Gasteiger partial charge in [-0.25, -0.2) is 14.6 Å². The Morgan fingerprint density at radius 3 is 2.55 bits per heavy atom. The number of fused-ring (bicyclic) bond motifs is 1. The second-order valence-electron chi connectivity index (χ2n) is 6.83. The number of carbonyl (C=O) groups is 2. The molecule has 0 saturated carbocycles. The number of aromatic nitrogens is 4. The molecule has 2 heterocycles. The second-order valence-corrected chi connectivity index (χ2v) is 8.07. The molecule has 0 spiro atoms. The van der Waals surface area contributed by atoms with Crippen LogP contribution in [0.2, 0.25) is 0 Å². The maximum atomic E-state index is 12.4. The van der Waals surface area contributed by atoms with Crippen LogP contribution in [0.25, 0.3) is 11.0 Å². The van der Waals surface area contributed by atoms with Gasteiger partial charge in [0.25, 0.3) is 5.91 Å². The van der Waals surface area contributed by atoms with Gasteiger partial charge in [-0.3, -0.25) is 9.59 Å². The Bertz CT molecular complexity index is 1050. The van der Waals surface area contributed by atoms with E-state index in [9.17, 15) is 9.59 Å². The van der Waals surface area contributed by atoms with E-state index in [1.807, 2.05) is 0 Å². The van der Waals surface area contributed by atoms with E-state index < -0.39 is 0 Å². The third-order valence-corrected chi connectivity index (χ3v) is 5.10. The van der Waals surface area contributed by atoms with Crippen LogP contribution < -0.4 is 16.0 Å². The Kier molecular flexibility index (Phi) is 7.82. The van der Waals surface area contributed by atoms with Gasteiger partial charge < -0.3 is 16.0 Å². The Morgan fingerprint density at radius 1 is 1.10 bits per heavy atom. The zero-order valence-corrected chi connectivity index (χ0v) is 18.8. The SMILES string of the molecule is CCCNc1nc(SCC)nc2c1cnn2CCNC(=O)c1ccc(NC(C)=O)cc1. The molecule has 0 atom stereocenters. The van der Waals surface area contributed by atoms with Crippen LogP contribution in [-0.4, -0.2) is 50.4 Å². The first-order valence-electron chi connectivity index (χ1n) is 10.3. The summed E-state index contributed by atoms with van der Waals surface area (Å²) >= 11 is 1.58. The normalized spacial score (nSPS) is 10.8. The summed E-state index contributed by atoms with van der Waals surface area (Å²) in [4.78, 5) is 32.8. The number of nitrogens with one attached hydrogen (secondary N) is 3. The standard InChI is InChI=1S/C21H27N7O2S/c1-4-10-22-18-17-13-24-28(19(17)27-21(26-18)31-5-2)12-11-23-20(30)15-6-8-16(9-7-15)25-14(3)29/h6-9,13H,4-5,10-12H2,1-3H3,(H,23,30)(H,25,29)(H,22,26,27). The van der Waals surface area contributed by atoms with Crippen molar-refractivity contribution in [2.24, 2.45) is 0 Å². The van der Waals surface area contributed by atoms with Gasteiger partial charge in [-0.1, -0.05) is 25.6 Å². The number of carbonyl (C=O) groups excluding carboxylic acids is 2. The van der Waals surface area contributed by atoms with E-state index in [1.54, 1.807) is 46.9 Å². The van der Waals surface area contributed by atoms with E-state index in [-0.39, 0.29) is 11.8 Å². The Labute approximate surface area is 185 Å². The van der Waals surface area contributed by atoms with Crippen LogP contribution in [0.15, 0.2) is 35.6 Å². The highest BCUT2D eigenvalue weighted by atomic mass is 32.2. The summed E-state index contributed by atoms with van der Waals surface area (Å²) in [5.74, 6) is 1.33. The number of amides is 2. The van der Waals surface area contributed by atoms with Crippen LogP contribution in [0.3, 0.4) is 0 Å². The first-order chi connectivity index (χ1) is 15.0. The predicted molar refractivity (Wildman–Crippen MR) is 124 cm³/mol. The van der Waals surface area contributed by atoms with Crippen molar-refractivity contribution in [3.8, 4) is 0 Å². The number of rotatable bonds is 10. The smallest absolute Gasteiger partial charge is 0.251 e. The monoisotopic (exact) mass is 441 g/mol. The van der Waals surface area contributed by atoms with Gasteiger partial charge in [-0.2, -0.15) is 5.10 Å². The highest BCUT2D eigenvalue weighted by molar-refractivity contribution is 7.99. The van der Waals surface area contributed by atoms with Crippen molar-refractivity contribution in [1.82, 2.24) is 25.1 Å². The van der Waals surface area contributed by atoms with Crippen molar-refractivity contribution in [1.29, 1.82) is 0 Å². The molecule has 0 aliphatic rings. The van der Waals surface area contributed by atoms with Crippen molar-refractivity contribution in [2.75, 3.05) is 29.5 Å². The molecule has 2 aromatic heterocycles. The summed E-state index contributed by atoms with van der Waals surface area (Å²) in [7, 11) is 0. The number of nitrogens with zero attached hydrogens (tertiary/aromatic N) is 4. The third kappa shape index (κ3) is 5.94. The Morgan fingerprint density at radius 2 is 1.87 bits per heavy atom. The highest BCUT2D eigenvalue weighted by Crippen LogP contribution is 2.24. The summed E-state index contributed by atoms with van der Waals surface area (Å²) in [5.41, 5.74) is 1.92. The lowest BCUT2D eigenvalue weighted by Gasteiger charge is -2.09. The molecule has 2 amide bonds. The van der Waals surface area contributed by atoms with Gasteiger partial charge in [-0.05, 0) is 36.4 Å². The summed E-state index contributed by atoms with van der Waals surface area (Å²) in [6.07, 6.45) is 2.75. The Balaban J connectivity index is 1.67. The lowest BCUT2D eigenvalue weighted by molar-refractivity contribution is -0.114. The molecule has 0 aliphatic heterocycles. The van der Waals surface area contributed by atoms with E-state index in [0.29, 0.717) is 29.5 Å². The molecular weight excluding hydrogens is 414 g/mol. The maximum Gasteiger partial charge on any atom is 0.251 e. The molecule has 0 bridgehead atoms. The fraction of sp³-hybridized carbons (Fsp3) is 0.381. The van der Waals surface area contributed by atoms with E-state index >= 15 is 0 Å². The highest BCUT2D eigenvalue weighted by Gasteiger charge is 2.13. The fourth-order valence-electron chi connectivity index (χ4n) is 2.96. The minimum atomic E-state index is -0.187. The summed E-state index contributed by atoms with van der Waals surface area (Å²) in [6, 6.07) is 6.76. The molecule has 3 aromatic rings. The molecule has 3 rings (SSSR count). The number of thioether (sulfide) groups is 1. The number of benzene rings is 1. The molecule has 0 saturated heterocycles. The molecule has 0 radical (unpaired) electrons. The zero-order chi connectivity index (χ0) is 22.2. The fourth-order valence-corrected chi connectivity index (χ4v) is 3.52. The van der Waals surface area contributed by atoms with Crippen LogP contribution >= 0.6 is 11.8 Å². The third-order valence-electron chi connectivity index (χ3n) is 4.37. The summed E-state index contributed by atoms with van der Waals surface area (Å²) < 4.78 is 1.79. The molecule has 9 nitrogen and oxygen atoms in total. The summed E-state index contributed by atoms with van der Waals surface area (Å²) in [5, 5.41) is 15.0. The van der Waals surface area contributed by atoms with Crippen LogP contribution in [0.4, 0.5) is 11.5 Å². The van der Waals surface area contributed by atoms with Crippen molar-refractivity contribution < 1.29 is 9.59 Å². The average Bonchev–Trinajstić information content (AvgIpc) is 3.15. The van der Waals surface area contributed by atoms with Gasteiger partial charge in [0.05, 0.1) is 18.1 Å². The van der Waals surface area contributed by atoms with Gasteiger partial charge >= 0.3 is 0 Å². The first-order valence-corrected chi connectivity index (χ1v) is 11.3. The lowest BCUT2D eigenvalue weighted by Crippen LogP contribution is -2.27.